The van der Waals surface area contributed by atoms with Gasteiger partial charge in [-0.3, -0.25) is 9.59 Å². The van der Waals surface area contributed by atoms with Crippen LogP contribution in [0.2, 0.25) is 0 Å². The molecule has 0 aromatic rings. The van der Waals surface area contributed by atoms with Gasteiger partial charge in [0.1, 0.15) is 0 Å². The summed E-state index contributed by atoms with van der Waals surface area (Å²) in [7, 11) is 0. The Morgan fingerprint density at radius 3 is 2.48 bits per heavy atom. The number of aliphatic hydroxyl groups is 1. The lowest BCUT2D eigenvalue weighted by molar-refractivity contribution is -0.153. The summed E-state index contributed by atoms with van der Waals surface area (Å²) in [6.07, 6.45) is 3.41. The predicted octanol–water partition coefficient (Wildman–Crippen LogP) is 1.81. The van der Waals surface area contributed by atoms with Crippen LogP contribution in [0.25, 0.3) is 0 Å². The van der Waals surface area contributed by atoms with Gasteiger partial charge in [-0.2, -0.15) is 0 Å². The number of morpholine rings is 1. The zero-order valence-corrected chi connectivity index (χ0v) is 17.2. The second kappa shape index (κ2) is 8.08. The van der Waals surface area contributed by atoms with Crippen LogP contribution in [0, 0.1) is 29.1 Å². The SMILES string of the molecule is CC(=O)NC1CCC2(C)CCC(C(C)C(=O)N3CCOCC3)C(O)C2C1C. The molecule has 0 aromatic carbocycles. The van der Waals surface area contributed by atoms with Gasteiger partial charge >= 0.3 is 0 Å². The van der Waals surface area contributed by atoms with Gasteiger partial charge in [0.05, 0.1) is 19.3 Å². The number of ether oxygens (including phenoxy) is 1. The topological polar surface area (TPSA) is 78.9 Å². The first-order valence-corrected chi connectivity index (χ1v) is 10.6. The molecule has 7 unspecified atom stereocenters. The molecule has 0 aromatic heterocycles. The Kier molecular flexibility index (Phi) is 6.16. The van der Waals surface area contributed by atoms with Crippen molar-refractivity contribution in [1.29, 1.82) is 0 Å². The van der Waals surface area contributed by atoms with E-state index in [1.165, 1.54) is 0 Å². The van der Waals surface area contributed by atoms with Gasteiger partial charge < -0.3 is 20.1 Å². The Balaban J connectivity index is 1.74. The van der Waals surface area contributed by atoms with Gasteiger partial charge in [-0.1, -0.05) is 20.8 Å². The van der Waals surface area contributed by atoms with Crippen LogP contribution in [-0.2, 0) is 14.3 Å². The molecule has 1 saturated heterocycles. The quantitative estimate of drug-likeness (QED) is 0.783. The van der Waals surface area contributed by atoms with E-state index in [0.29, 0.717) is 26.3 Å². The number of rotatable bonds is 3. The van der Waals surface area contributed by atoms with Crippen LogP contribution in [0.5, 0.6) is 0 Å². The van der Waals surface area contributed by atoms with Crippen molar-refractivity contribution in [3.63, 3.8) is 0 Å². The number of nitrogens with zero attached hydrogens (tertiary/aromatic N) is 1. The summed E-state index contributed by atoms with van der Waals surface area (Å²) < 4.78 is 5.36. The lowest BCUT2D eigenvalue weighted by atomic mass is 9.51. The second-order valence-corrected chi connectivity index (χ2v) is 9.30. The first-order valence-electron chi connectivity index (χ1n) is 10.6. The van der Waals surface area contributed by atoms with E-state index in [1.54, 1.807) is 6.92 Å². The Bertz CT molecular complexity index is 562. The van der Waals surface area contributed by atoms with E-state index < -0.39 is 6.10 Å². The van der Waals surface area contributed by atoms with Crippen LogP contribution in [-0.4, -0.2) is 60.3 Å². The minimum atomic E-state index is -0.504. The lowest BCUT2D eigenvalue weighted by Gasteiger charge is -2.56. The zero-order chi connectivity index (χ0) is 19.8. The van der Waals surface area contributed by atoms with Crippen molar-refractivity contribution in [1.82, 2.24) is 10.2 Å². The maximum Gasteiger partial charge on any atom is 0.225 e. The van der Waals surface area contributed by atoms with Crippen molar-refractivity contribution < 1.29 is 19.4 Å². The van der Waals surface area contributed by atoms with Gasteiger partial charge in [-0.25, -0.2) is 0 Å². The fraction of sp³-hybridized carbons (Fsp3) is 0.905. The molecule has 1 heterocycles. The molecule has 2 aliphatic carbocycles. The Morgan fingerprint density at radius 2 is 1.85 bits per heavy atom. The highest BCUT2D eigenvalue weighted by molar-refractivity contribution is 5.79. The summed E-state index contributed by atoms with van der Waals surface area (Å²) in [5, 5.41) is 14.4. The van der Waals surface area contributed by atoms with Crippen LogP contribution in [0.4, 0.5) is 0 Å². The number of aliphatic hydroxyl groups excluding tert-OH is 1. The summed E-state index contributed by atoms with van der Waals surface area (Å²) in [6.45, 7) is 10.5. The molecular formula is C21H36N2O4. The molecule has 3 aliphatic rings. The number of carbonyl (C=O) groups is 2. The fourth-order valence-electron chi connectivity index (χ4n) is 6.01. The maximum absolute atomic E-state index is 13.0. The van der Waals surface area contributed by atoms with Crippen molar-refractivity contribution in [3.05, 3.63) is 0 Å². The molecular weight excluding hydrogens is 344 g/mol. The minimum absolute atomic E-state index is 0.00633. The molecule has 0 spiro atoms. The summed E-state index contributed by atoms with van der Waals surface area (Å²) in [5.74, 6) is 0.256. The van der Waals surface area contributed by atoms with Gasteiger partial charge in [-0.05, 0) is 48.9 Å². The molecule has 154 valence electrons. The standard InChI is InChI=1S/C21H36N2O4/c1-13(20(26)23-9-11-27-12-10-23)16-5-7-21(4)8-6-17(22-15(3)24)14(2)18(21)19(16)25/h13-14,16-19,25H,5-12H2,1-4H3,(H,22,24). The summed E-state index contributed by atoms with van der Waals surface area (Å²) in [5.41, 5.74) is 0.0893. The van der Waals surface area contributed by atoms with Crippen LogP contribution in [0.15, 0.2) is 0 Å². The van der Waals surface area contributed by atoms with Crippen LogP contribution < -0.4 is 5.32 Å². The van der Waals surface area contributed by atoms with Crippen molar-refractivity contribution in [2.24, 2.45) is 29.1 Å². The minimum Gasteiger partial charge on any atom is -0.392 e. The molecule has 1 aliphatic heterocycles. The zero-order valence-electron chi connectivity index (χ0n) is 17.2. The number of amides is 2. The highest BCUT2D eigenvalue weighted by atomic mass is 16.5. The fourth-order valence-corrected chi connectivity index (χ4v) is 6.01. The largest absolute Gasteiger partial charge is 0.392 e. The maximum atomic E-state index is 13.0. The van der Waals surface area contributed by atoms with Crippen LogP contribution in [0.3, 0.4) is 0 Å². The van der Waals surface area contributed by atoms with E-state index in [2.05, 4.69) is 19.2 Å². The molecule has 27 heavy (non-hydrogen) atoms. The van der Waals surface area contributed by atoms with E-state index >= 15 is 0 Å². The van der Waals surface area contributed by atoms with Crippen molar-refractivity contribution in [2.45, 2.75) is 65.5 Å². The average molecular weight is 381 g/mol. The highest BCUT2D eigenvalue weighted by Gasteiger charge is 2.54. The first kappa shape index (κ1) is 20.6. The third kappa shape index (κ3) is 4.02. The third-order valence-corrected chi connectivity index (χ3v) is 7.63. The molecule has 2 saturated carbocycles. The monoisotopic (exact) mass is 380 g/mol. The van der Waals surface area contributed by atoms with Crippen molar-refractivity contribution in [2.75, 3.05) is 26.3 Å². The van der Waals surface area contributed by atoms with Gasteiger partial charge in [0.2, 0.25) is 11.8 Å². The molecule has 6 nitrogen and oxygen atoms in total. The lowest BCUT2D eigenvalue weighted by Crippen LogP contribution is -2.58. The van der Waals surface area contributed by atoms with E-state index in [1.807, 2.05) is 11.8 Å². The van der Waals surface area contributed by atoms with E-state index in [0.717, 1.165) is 25.7 Å². The Hall–Kier alpha value is -1.14. The molecule has 3 fully saturated rings. The number of fused-ring (bicyclic) bond motifs is 1. The van der Waals surface area contributed by atoms with Crippen molar-refractivity contribution >= 4 is 11.8 Å². The van der Waals surface area contributed by atoms with Crippen molar-refractivity contribution in [3.8, 4) is 0 Å². The van der Waals surface area contributed by atoms with E-state index in [-0.39, 0.29) is 46.9 Å². The summed E-state index contributed by atoms with van der Waals surface area (Å²) in [6, 6.07) is 0.110. The number of hydrogen-bond acceptors (Lipinski definition) is 4. The molecule has 2 N–H and O–H groups in total. The summed E-state index contributed by atoms with van der Waals surface area (Å²) in [4.78, 5) is 26.4. The molecule has 0 radical (unpaired) electrons. The highest BCUT2D eigenvalue weighted by Crippen LogP contribution is 2.55. The van der Waals surface area contributed by atoms with Crippen LogP contribution in [0.1, 0.15) is 53.4 Å². The summed E-state index contributed by atoms with van der Waals surface area (Å²) >= 11 is 0. The second-order valence-electron chi connectivity index (χ2n) is 9.30. The van der Waals surface area contributed by atoms with Gasteiger partial charge in [0.25, 0.3) is 0 Å². The normalized spacial score (nSPS) is 40.8. The number of carbonyl (C=O) groups excluding carboxylic acids is 2. The Labute approximate surface area is 163 Å². The number of hydrogen-bond donors (Lipinski definition) is 2. The van der Waals surface area contributed by atoms with Gasteiger partial charge in [0, 0.05) is 32.0 Å². The molecule has 0 bridgehead atoms. The molecule has 2 amide bonds. The predicted molar refractivity (Wildman–Crippen MR) is 103 cm³/mol. The van der Waals surface area contributed by atoms with Gasteiger partial charge in [0.15, 0.2) is 0 Å². The number of nitrogens with one attached hydrogen (secondary N) is 1. The first-order chi connectivity index (χ1) is 12.7. The Morgan fingerprint density at radius 1 is 1.22 bits per heavy atom. The molecule has 6 heteroatoms. The third-order valence-electron chi connectivity index (χ3n) is 7.63. The van der Waals surface area contributed by atoms with Gasteiger partial charge in [-0.15, -0.1) is 0 Å². The average Bonchev–Trinajstić information content (AvgIpc) is 2.64. The molecule has 7 atom stereocenters. The van der Waals surface area contributed by atoms with E-state index in [4.69, 9.17) is 4.74 Å². The molecule has 3 rings (SSSR count). The van der Waals surface area contributed by atoms with E-state index in [9.17, 15) is 14.7 Å². The smallest absolute Gasteiger partial charge is 0.225 e. The van der Waals surface area contributed by atoms with Crippen LogP contribution >= 0.6 is 0 Å².